The molecule has 0 aliphatic rings. The third-order valence-corrected chi connectivity index (χ3v) is 3.16. The largest absolute Gasteiger partial charge is 0.384 e. The molecule has 0 saturated carbocycles. The van der Waals surface area contributed by atoms with Gasteiger partial charge in [-0.15, -0.1) is 0 Å². The second-order valence-corrected chi connectivity index (χ2v) is 4.02. The van der Waals surface area contributed by atoms with Crippen LogP contribution in [-0.4, -0.2) is 5.11 Å². The standard InChI is InChI=1S/C8H9BrOS/c1-5(2)8(10)6-3-11-4-7(6)9/h3-4,8,10H,1H2,2H3. The minimum atomic E-state index is -0.532. The second-order valence-electron chi connectivity index (χ2n) is 2.42. The lowest BCUT2D eigenvalue weighted by atomic mass is 10.1. The molecule has 1 rings (SSSR count). The highest BCUT2D eigenvalue weighted by Crippen LogP contribution is 2.30. The van der Waals surface area contributed by atoms with Gasteiger partial charge in [-0.05, 0) is 33.8 Å². The van der Waals surface area contributed by atoms with Crippen molar-refractivity contribution in [2.24, 2.45) is 0 Å². The number of halogens is 1. The van der Waals surface area contributed by atoms with E-state index in [2.05, 4.69) is 22.5 Å². The summed E-state index contributed by atoms with van der Waals surface area (Å²) in [5.41, 5.74) is 1.67. The molecule has 1 N–H and O–H groups in total. The summed E-state index contributed by atoms with van der Waals surface area (Å²) in [7, 11) is 0. The zero-order valence-corrected chi connectivity index (χ0v) is 8.58. The van der Waals surface area contributed by atoms with Gasteiger partial charge in [0.15, 0.2) is 0 Å². The lowest BCUT2D eigenvalue weighted by Crippen LogP contribution is -1.95. The van der Waals surface area contributed by atoms with Crippen molar-refractivity contribution in [3.63, 3.8) is 0 Å². The van der Waals surface area contributed by atoms with Gasteiger partial charge in [-0.3, -0.25) is 0 Å². The van der Waals surface area contributed by atoms with E-state index in [0.717, 1.165) is 15.6 Å². The van der Waals surface area contributed by atoms with Crippen LogP contribution >= 0.6 is 27.3 Å². The molecule has 0 radical (unpaired) electrons. The summed E-state index contributed by atoms with van der Waals surface area (Å²) in [6.45, 7) is 5.50. The topological polar surface area (TPSA) is 20.2 Å². The maximum Gasteiger partial charge on any atom is 0.101 e. The SMILES string of the molecule is C=C(C)C(O)c1cscc1Br. The summed E-state index contributed by atoms with van der Waals surface area (Å²) in [5.74, 6) is 0. The third kappa shape index (κ3) is 1.92. The van der Waals surface area contributed by atoms with Crippen LogP contribution < -0.4 is 0 Å². The van der Waals surface area contributed by atoms with Crippen LogP contribution in [0.3, 0.4) is 0 Å². The van der Waals surface area contributed by atoms with Gasteiger partial charge in [0, 0.05) is 15.4 Å². The number of hydrogen-bond donors (Lipinski definition) is 1. The van der Waals surface area contributed by atoms with Crippen LogP contribution in [0.1, 0.15) is 18.6 Å². The van der Waals surface area contributed by atoms with Crippen LogP contribution in [-0.2, 0) is 0 Å². The van der Waals surface area contributed by atoms with Crippen molar-refractivity contribution in [2.75, 3.05) is 0 Å². The van der Waals surface area contributed by atoms with Crippen LogP contribution in [0.25, 0.3) is 0 Å². The highest BCUT2D eigenvalue weighted by Gasteiger charge is 2.11. The summed E-state index contributed by atoms with van der Waals surface area (Å²) >= 11 is 4.91. The van der Waals surface area contributed by atoms with E-state index in [-0.39, 0.29) is 0 Å². The Balaban J connectivity index is 2.92. The van der Waals surface area contributed by atoms with Gasteiger partial charge in [-0.2, -0.15) is 11.3 Å². The lowest BCUT2D eigenvalue weighted by Gasteiger charge is -2.07. The first-order valence-electron chi connectivity index (χ1n) is 3.18. The van der Waals surface area contributed by atoms with Crippen LogP contribution in [0.4, 0.5) is 0 Å². The van der Waals surface area contributed by atoms with Crippen LogP contribution in [0, 0.1) is 0 Å². The quantitative estimate of drug-likeness (QED) is 0.778. The molecule has 3 heteroatoms. The van der Waals surface area contributed by atoms with Crippen molar-refractivity contribution in [2.45, 2.75) is 13.0 Å². The number of hydrogen-bond acceptors (Lipinski definition) is 2. The van der Waals surface area contributed by atoms with E-state index < -0.39 is 6.10 Å². The number of aliphatic hydroxyl groups is 1. The zero-order chi connectivity index (χ0) is 8.43. The monoisotopic (exact) mass is 232 g/mol. The van der Waals surface area contributed by atoms with E-state index in [1.165, 1.54) is 0 Å². The highest BCUT2D eigenvalue weighted by atomic mass is 79.9. The van der Waals surface area contributed by atoms with Gasteiger partial charge in [-0.1, -0.05) is 6.58 Å². The summed E-state index contributed by atoms with van der Waals surface area (Å²) < 4.78 is 0.956. The fourth-order valence-corrected chi connectivity index (χ4v) is 2.28. The van der Waals surface area contributed by atoms with Crippen LogP contribution in [0.2, 0.25) is 0 Å². The predicted octanol–water partition coefficient (Wildman–Crippen LogP) is 3.12. The van der Waals surface area contributed by atoms with Crippen LogP contribution in [0.15, 0.2) is 27.4 Å². The Morgan fingerprint density at radius 3 is 2.73 bits per heavy atom. The van der Waals surface area contributed by atoms with Gasteiger partial charge in [0.25, 0.3) is 0 Å². The molecule has 0 aliphatic carbocycles. The normalized spacial score (nSPS) is 13.0. The van der Waals surface area contributed by atoms with Gasteiger partial charge in [-0.25, -0.2) is 0 Å². The number of rotatable bonds is 2. The Kier molecular flexibility index (Phi) is 2.87. The van der Waals surface area contributed by atoms with E-state index in [1.54, 1.807) is 11.3 Å². The molecule has 1 atom stereocenters. The lowest BCUT2D eigenvalue weighted by molar-refractivity contribution is 0.216. The average molecular weight is 233 g/mol. The molecule has 1 nitrogen and oxygen atoms in total. The molecule has 0 fully saturated rings. The Morgan fingerprint density at radius 1 is 1.73 bits per heavy atom. The Labute approximate surface area is 78.5 Å². The zero-order valence-electron chi connectivity index (χ0n) is 6.17. The molecule has 0 spiro atoms. The van der Waals surface area contributed by atoms with Crippen molar-refractivity contribution >= 4 is 27.3 Å². The fraction of sp³-hybridized carbons (Fsp3) is 0.250. The third-order valence-electron chi connectivity index (χ3n) is 1.40. The smallest absolute Gasteiger partial charge is 0.101 e. The molecule has 11 heavy (non-hydrogen) atoms. The molecule has 0 aromatic carbocycles. The van der Waals surface area contributed by atoms with Crippen molar-refractivity contribution in [3.05, 3.63) is 32.9 Å². The molecule has 0 aliphatic heterocycles. The molecule has 1 aromatic heterocycles. The molecule has 1 heterocycles. The maximum atomic E-state index is 9.54. The molecule has 0 bridgehead atoms. The van der Waals surface area contributed by atoms with E-state index >= 15 is 0 Å². The van der Waals surface area contributed by atoms with E-state index in [4.69, 9.17) is 0 Å². The van der Waals surface area contributed by atoms with Crippen LogP contribution in [0.5, 0.6) is 0 Å². The van der Waals surface area contributed by atoms with Gasteiger partial charge < -0.3 is 5.11 Å². The van der Waals surface area contributed by atoms with Crippen molar-refractivity contribution in [3.8, 4) is 0 Å². The first-order valence-corrected chi connectivity index (χ1v) is 4.91. The minimum absolute atomic E-state index is 0.532. The predicted molar refractivity (Wildman–Crippen MR) is 51.8 cm³/mol. The molecule has 0 amide bonds. The first kappa shape index (κ1) is 8.97. The second kappa shape index (κ2) is 3.52. The highest BCUT2D eigenvalue weighted by molar-refractivity contribution is 9.10. The fourth-order valence-electron chi connectivity index (χ4n) is 0.752. The Bertz CT molecular complexity index is 267. The van der Waals surface area contributed by atoms with Crippen molar-refractivity contribution in [1.82, 2.24) is 0 Å². The van der Waals surface area contributed by atoms with E-state index in [1.807, 2.05) is 17.7 Å². The van der Waals surface area contributed by atoms with Gasteiger partial charge in [0.2, 0.25) is 0 Å². The molecule has 1 aromatic rings. The molecule has 1 unspecified atom stereocenters. The Morgan fingerprint density at radius 2 is 2.36 bits per heavy atom. The Hall–Kier alpha value is -0.120. The minimum Gasteiger partial charge on any atom is -0.384 e. The van der Waals surface area contributed by atoms with Gasteiger partial charge in [0.05, 0.1) is 0 Å². The molecule has 60 valence electrons. The van der Waals surface area contributed by atoms with Crippen molar-refractivity contribution in [1.29, 1.82) is 0 Å². The summed E-state index contributed by atoms with van der Waals surface area (Å²) in [6.07, 6.45) is -0.532. The van der Waals surface area contributed by atoms with Gasteiger partial charge >= 0.3 is 0 Å². The average Bonchev–Trinajstić information content (AvgIpc) is 2.33. The number of thiophene rings is 1. The summed E-state index contributed by atoms with van der Waals surface area (Å²) in [6, 6.07) is 0. The summed E-state index contributed by atoms with van der Waals surface area (Å²) in [5, 5.41) is 13.4. The molecule has 0 saturated heterocycles. The maximum absolute atomic E-state index is 9.54. The summed E-state index contributed by atoms with van der Waals surface area (Å²) in [4.78, 5) is 0. The molecular formula is C8H9BrOS. The first-order chi connectivity index (χ1) is 5.13. The number of aliphatic hydroxyl groups excluding tert-OH is 1. The van der Waals surface area contributed by atoms with E-state index in [0.29, 0.717) is 0 Å². The van der Waals surface area contributed by atoms with Crippen molar-refractivity contribution < 1.29 is 5.11 Å². The van der Waals surface area contributed by atoms with E-state index in [9.17, 15) is 5.11 Å². The van der Waals surface area contributed by atoms with Gasteiger partial charge in [0.1, 0.15) is 6.10 Å². The molecular weight excluding hydrogens is 224 g/mol.